The van der Waals surface area contributed by atoms with Crippen LogP contribution in [0.5, 0.6) is 0 Å². The van der Waals surface area contributed by atoms with Crippen LogP contribution in [0.4, 0.5) is 0 Å². The summed E-state index contributed by atoms with van der Waals surface area (Å²) in [7, 11) is -3.55. The van der Waals surface area contributed by atoms with Crippen LogP contribution >= 0.6 is 0 Å². The Labute approximate surface area is 107 Å². The molecule has 6 nitrogen and oxygen atoms in total. The molecule has 0 atom stereocenters. The molecular weight excluding hydrogens is 252 g/mol. The van der Waals surface area contributed by atoms with Crippen LogP contribution in [0, 0.1) is 6.92 Å². The standard InChI is InChI=1S/C11H18N4O2S/c1-8-4-3-5-15(7-8)18(16,17)11-10(6-12)9(2)13-14-11/h4H,3,5-7,12H2,1-2H3,(H,13,14). The number of aryl methyl sites for hydroxylation is 1. The van der Waals surface area contributed by atoms with Gasteiger partial charge in [-0.15, -0.1) is 0 Å². The highest BCUT2D eigenvalue weighted by Crippen LogP contribution is 2.23. The number of H-pyrrole nitrogens is 1. The molecule has 0 unspecified atom stereocenters. The van der Waals surface area contributed by atoms with Crippen molar-refractivity contribution in [2.45, 2.75) is 31.8 Å². The zero-order valence-corrected chi connectivity index (χ0v) is 11.4. The lowest BCUT2D eigenvalue weighted by molar-refractivity contribution is 0.425. The van der Waals surface area contributed by atoms with Crippen molar-refractivity contribution < 1.29 is 8.42 Å². The Kier molecular flexibility index (Phi) is 3.56. The van der Waals surface area contributed by atoms with E-state index in [0.717, 1.165) is 12.0 Å². The molecule has 2 heterocycles. The summed E-state index contributed by atoms with van der Waals surface area (Å²) in [6, 6.07) is 0. The minimum atomic E-state index is -3.55. The Balaban J connectivity index is 2.39. The first-order valence-corrected chi connectivity index (χ1v) is 7.30. The van der Waals surface area contributed by atoms with Crippen LogP contribution < -0.4 is 5.73 Å². The Morgan fingerprint density at radius 1 is 1.50 bits per heavy atom. The van der Waals surface area contributed by atoms with Crippen molar-refractivity contribution in [3.8, 4) is 0 Å². The normalized spacial score (nSPS) is 17.8. The van der Waals surface area contributed by atoms with Gasteiger partial charge in [0.15, 0.2) is 5.03 Å². The zero-order chi connectivity index (χ0) is 13.3. The number of nitrogens with one attached hydrogen (secondary N) is 1. The van der Waals surface area contributed by atoms with Gasteiger partial charge in [0.2, 0.25) is 0 Å². The van der Waals surface area contributed by atoms with Crippen molar-refractivity contribution in [2.24, 2.45) is 5.73 Å². The first-order chi connectivity index (χ1) is 8.46. The lowest BCUT2D eigenvalue weighted by atomic mass is 10.2. The number of hydrogen-bond acceptors (Lipinski definition) is 4. The fourth-order valence-electron chi connectivity index (χ4n) is 2.09. The van der Waals surface area contributed by atoms with Crippen LogP contribution in [-0.4, -0.2) is 36.0 Å². The third-order valence-corrected chi connectivity index (χ3v) is 4.94. The third-order valence-electron chi connectivity index (χ3n) is 3.12. The molecule has 2 rings (SSSR count). The van der Waals surface area contributed by atoms with Crippen LogP contribution in [0.15, 0.2) is 16.7 Å². The van der Waals surface area contributed by atoms with Gasteiger partial charge in [-0.2, -0.15) is 9.40 Å². The topological polar surface area (TPSA) is 92.1 Å². The Bertz CT molecular complexity index is 574. The van der Waals surface area contributed by atoms with Crippen molar-refractivity contribution in [3.63, 3.8) is 0 Å². The monoisotopic (exact) mass is 270 g/mol. The van der Waals surface area contributed by atoms with Crippen molar-refractivity contribution in [1.82, 2.24) is 14.5 Å². The molecule has 0 amide bonds. The van der Waals surface area contributed by atoms with Gasteiger partial charge in [-0.1, -0.05) is 11.6 Å². The summed E-state index contributed by atoms with van der Waals surface area (Å²) in [5.41, 5.74) is 7.94. The van der Waals surface area contributed by atoms with Gasteiger partial charge in [-0.3, -0.25) is 5.10 Å². The van der Waals surface area contributed by atoms with E-state index < -0.39 is 10.0 Å². The molecule has 0 aliphatic carbocycles. The molecule has 100 valence electrons. The molecule has 1 aromatic heterocycles. The van der Waals surface area contributed by atoms with E-state index in [-0.39, 0.29) is 11.6 Å². The minimum absolute atomic E-state index is 0.0669. The molecule has 7 heteroatoms. The molecule has 0 spiro atoms. The molecule has 0 bridgehead atoms. The molecular formula is C11H18N4O2S. The van der Waals surface area contributed by atoms with Crippen LogP contribution in [0.1, 0.15) is 24.6 Å². The Morgan fingerprint density at radius 2 is 2.22 bits per heavy atom. The number of aromatic amines is 1. The number of nitrogens with zero attached hydrogens (tertiary/aromatic N) is 2. The number of hydrogen-bond donors (Lipinski definition) is 2. The van der Waals surface area contributed by atoms with Gasteiger partial charge in [0, 0.05) is 30.9 Å². The highest BCUT2D eigenvalue weighted by Gasteiger charge is 2.30. The van der Waals surface area contributed by atoms with E-state index in [2.05, 4.69) is 16.3 Å². The average molecular weight is 270 g/mol. The van der Waals surface area contributed by atoms with Crippen LogP contribution in [0.2, 0.25) is 0 Å². The summed E-state index contributed by atoms with van der Waals surface area (Å²) < 4.78 is 26.4. The smallest absolute Gasteiger partial charge is 0.263 e. The maximum atomic E-state index is 12.5. The molecule has 3 N–H and O–H groups in total. The molecule has 18 heavy (non-hydrogen) atoms. The maximum Gasteiger partial charge on any atom is 0.263 e. The van der Waals surface area contributed by atoms with Gasteiger partial charge in [-0.05, 0) is 20.3 Å². The number of rotatable bonds is 3. The van der Waals surface area contributed by atoms with Gasteiger partial charge in [0.05, 0.1) is 0 Å². The second-order valence-electron chi connectivity index (χ2n) is 4.51. The fourth-order valence-corrected chi connectivity index (χ4v) is 3.76. The highest BCUT2D eigenvalue weighted by molar-refractivity contribution is 7.89. The van der Waals surface area contributed by atoms with Crippen molar-refractivity contribution in [1.29, 1.82) is 0 Å². The molecule has 0 radical (unpaired) electrons. The van der Waals surface area contributed by atoms with Crippen LogP contribution in [0.25, 0.3) is 0 Å². The van der Waals surface area contributed by atoms with E-state index in [1.165, 1.54) is 4.31 Å². The summed E-state index contributed by atoms with van der Waals surface area (Å²) in [6.45, 7) is 4.80. The van der Waals surface area contributed by atoms with E-state index in [1.54, 1.807) is 6.92 Å². The van der Waals surface area contributed by atoms with Gasteiger partial charge in [-0.25, -0.2) is 8.42 Å². The van der Waals surface area contributed by atoms with E-state index in [0.29, 0.717) is 24.3 Å². The van der Waals surface area contributed by atoms with Crippen molar-refractivity contribution in [3.05, 3.63) is 22.9 Å². The first kappa shape index (κ1) is 13.3. The van der Waals surface area contributed by atoms with E-state index in [4.69, 9.17) is 5.73 Å². The molecule has 0 saturated heterocycles. The van der Waals surface area contributed by atoms with Gasteiger partial charge >= 0.3 is 0 Å². The second kappa shape index (κ2) is 4.83. The van der Waals surface area contributed by atoms with Crippen molar-refractivity contribution >= 4 is 10.0 Å². The summed E-state index contributed by atoms with van der Waals surface area (Å²) in [4.78, 5) is 0. The average Bonchev–Trinajstić information content (AvgIpc) is 2.71. The number of nitrogens with two attached hydrogens (primary N) is 1. The molecule has 0 saturated carbocycles. The molecule has 1 aliphatic rings. The molecule has 1 aliphatic heterocycles. The summed E-state index contributed by atoms with van der Waals surface area (Å²) >= 11 is 0. The molecule has 0 aromatic carbocycles. The highest BCUT2D eigenvalue weighted by atomic mass is 32.2. The lowest BCUT2D eigenvalue weighted by Gasteiger charge is -2.24. The Hall–Kier alpha value is -1.18. The van der Waals surface area contributed by atoms with E-state index in [9.17, 15) is 8.42 Å². The first-order valence-electron chi connectivity index (χ1n) is 5.86. The quantitative estimate of drug-likeness (QED) is 0.783. The SMILES string of the molecule is CC1=CCCN(S(=O)(=O)c2n[nH]c(C)c2CN)C1. The Morgan fingerprint density at radius 3 is 2.83 bits per heavy atom. The van der Waals surface area contributed by atoms with E-state index in [1.807, 2.05) is 6.92 Å². The molecule has 1 aromatic rings. The maximum absolute atomic E-state index is 12.5. The van der Waals surface area contributed by atoms with Gasteiger partial charge in [0.1, 0.15) is 0 Å². The summed E-state index contributed by atoms with van der Waals surface area (Å²) in [5, 5.41) is 6.67. The lowest BCUT2D eigenvalue weighted by Crippen LogP contribution is -2.36. The van der Waals surface area contributed by atoms with Crippen molar-refractivity contribution in [2.75, 3.05) is 13.1 Å². The predicted octanol–water partition coefficient (Wildman–Crippen LogP) is 0.518. The van der Waals surface area contributed by atoms with E-state index >= 15 is 0 Å². The third kappa shape index (κ3) is 2.21. The van der Waals surface area contributed by atoms with Crippen LogP contribution in [-0.2, 0) is 16.6 Å². The van der Waals surface area contributed by atoms with Gasteiger partial charge in [0.25, 0.3) is 10.0 Å². The second-order valence-corrected chi connectivity index (χ2v) is 6.37. The van der Waals surface area contributed by atoms with Gasteiger partial charge < -0.3 is 5.73 Å². The fraction of sp³-hybridized carbons (Fsp3) is 0.545. The zero-order valence-electron chi connectivity index (χ0n) is 10.6. The predicted molar refractivity (Wildman–Crippen MR) is 68.3 cm³/mol. The largest absolute Gasteiger partial charge is 0.326 e. The number of aromatic nitrogens is 2. The minimum Gasteiger partial charge on any atom is -0.326 e. The van der Waals surface area contributed by atoms with Crippen LogP contribution in [0.3, 0.4) is 0 Å². The number of sulfonamides is 1. The summed E-state index contributed by atoms with van der Waals surface area (Å²) in [5.74, 6) is 0. The summed E-state index contributed by atoms with van der Waals surface area (Å²) in [6.07, 6.45) is 2.80. The molecule has 0 fully saturated rings.